The van der Waals surface area contributed by atoms with Crippen molar-refractivity contribution in [1.29, 1.82) is 0 Å². The van der Waals surface area contributed by atoms with Gasteiger partial charge in [0, 0.05) is 20.6 Å². The standard InChI is InChI=1S/C13H18FN3O4/c1-8(18)16(2)11-10(13(19)20-3)15-17(12(11)14)9-6-4-5-7-21-9/h9H,4-7H2,1-3H3. The van der Waals surface area contributed by atoms with Gasteiger partial charge in [0.1, 0.15) is 5.69 Å². The van der Waals surface area contributed by atoms with Crippen LogP contribution in [0.25, 0.3) is 0 Å². The van der Waals surface area contributed by atoms with Crippen molar-refractivity contribution in [3.8, 4) is 0 Å². The van der Waals surface area contributed by atoms with Crippen LogP contribution in [-0.4, -0.2) is 42.4 Å². The summed E-state index contributed by atoms with van der Waals surface area (Å²) in [6.07, 6.45) is 1.82. The number of amides is 1. The second kappa shape index (κ2) is 6.21. The molecule has 7 nitrogen and oxygen atoms in total. The fraction of sp³-hybridized carbons (Fsp3) is 0.615. The van der Waals surface area contributed by atoms with Gasteiger partial charge in [-0.3, -0.25) is 4.79 Å². The highest BCUT2D eigenvalue weighted by molar-refractivity contribution is 6.00. The molecule has 1 aromatic rings. The van der Waals surface area contributed by atoms with E-state index >= 15 is 0 Å². The highest BCUT2D eigenvalue weighted by atomic mass is 19.1. The van der Waals surface area contributed by atoms with Crippen molar-refractivity contribution in [2.45, 2.75) is 32.4 Å². The molecule has 0 aromatic carbocycles. The van der Waals surface area contributed by atoms with Gasteiger partial charge in [-0.15, -0.1) is 0 Å². The average Bonchev–Trinajstić information content (AvgIpc) is 2.84. The molecule has 1 amide bonds. The van der Waals surface area contributed by atoms with Crippen molar-refractivity contribution in [2.24, 2.45) is 0 Å². The normalized spacial score (nSPS) is 18.4. The van der Waals surface area contributed by atoms with Crippen LogP contribution in [0.1, 0.15) is 42.9 Å². The molecule has 1 saturated heterocycles. The zero-order valence-corrected chi connectivity index (χ0v) is 12.3. The third-order valence-corrected chi connectivity index (χ3v) is 3.44. The number of carbonyl (C=O) groups is 2. The van der Waals surface area contributed by atoms with Crippen molar-refractivity contribution < 1.29 is 23.5 Å². The minimum atomic E-state index is -0.799. The van der Waals surface area contributed by atoms with Gasteiger partial charge in [0.05, 0.1) is 7.11 Å². The van der Waals surface area contributed by atoms with Crippen molar-refractivity contribution in [3.63, 3.8) is 0 Å². The zero-order valence-electron chi connectivity index (χ0n) is 12.3. The first-order chi connectivity index (χ1) is 9.97. The summed E-state index contributed by atoms with van der Waals surface area (Å²) in [5, 5.41) is 3.96. The average molecular weight is 299 g/mol. The van der Waals surface area contributed by atoms with E-state index in [4.69, 9.17) is 4.74 Å². The highest BCUT2D eigenvalue weighted by Crippen LogP contribution is 2.30. The molecule has 8 heteroatoms. The third kappa shape index (κ3) is 2.90. The number of anilines is 1. The first kappa shape index (κ1) is 15.4. The maximum absolute atomic E-state index is 14.6. The van der Waals surface area contributed by atoms with Gasteiger partial charge in [0.25, 0.3) is 0 Å². The monoisotopic (exact) mass is 299 g/mol. The van der Waals surface area contributed by atoms with Gasteiger partial charge in [-0.05, 0) is 19.3 Å². The Bertz CT molecular complexity index is 552. The molecule has 1 aromatic heterocycles. The van der Waals surface area contributed by atoms with E-state index < -0.39 is 24.1 Å². The van der Waals surface area contributed by atoms with Gasteiger partial charge in [-0.2, -0.15) is 9.49 Å². The summed E-state index contributed by atoms with van der Waals surface area (Å²) >= 11 is 0. The largest absolute Gasteiger partial charge is 0.464 e. The predicted molar refractivity (Wildman–Crippen MR) is 71.4 cm³/mol. The molecule has 0 aliphatic carbocycles. The molecule has 1 atom stereocenters. The van der Waals surface area contributed by atoms with Gasteiger partial charge in [-0.1, -0.05) is 0 Å². The van der Waals surface area contributed by atoms with E-state index in [1.54, 1.807) is 0 Å². The quantitative estimate of drug-likeness (QED) is 0.791. The minimum Gasteiger partial charge on any atom is -0.464 e. The molecular formula is C13H18FN3O4. The van der Waals surface area contributed by atoms with E-state index in [0.29, 0.717) is 13.0 Å². The molecular weight excluding hydrogens is 281 g/mol. The lowest BCUT2D eigenvalue weighted by atomic mass is 10.2. The Morgan fingerprint density at radius 3 is 2.71 bits per heavy atom. The Balaban J connectivity index is 2.48. The molecule has 116 valence electrons. The number of hydrogen-bond acceptors (Lipinski definition) is 5. The molecule has 21 heavy (non-hydrogen) atoms. The van der Waals surface area contributed by atoms with Crippen molar-refractivity contribution >= 4 is 17.6 Å². The fourth-order valence-electron chi connectivity index (χ4n) is 2.20. The van der Waals surface area contributed by atoms with Crippen molar-refractivity contribution in [3.05, 3.63) is 11.6 Å². The number of hydrogen-bond donors (Lipinski definition) is 0. The molecule has 0 saturated carbocycles. The summed E-state index contributed by atoms with van der Waals surface area (Å²) in [6, 6.07) is 0. The topological polar surface area (TPSA) is 73.7 Å². The summed E-state index contributed by atoms with van der Waals surface area (Å²) in [6.45, 7) is 1.78. The molecule has 0 bridgehead atoms. The molecule has 1 unspecified atom stereocenters. The lowest BCUT2D eigenvalue weighted by Gasteiger charge is -2.23. The van der Waals surface area contributed by atoms with Crippen molar-refractivity contribution in [2.75, 3.05) is 25.7 Å². The molecule has 2 rings (SSSR count). The number of rotatable bonds is 3. The van der Waals surface area contributed by atoms with Crippen molar-refractivity contribution in [1.82, 2.24) is 9.78 Å². The second-order valence-corrected chi connectivity index (χ2v) is 4.82. The summed E-state index contributed by atoms with van der Waals surface area (Å²) in [5.74, 6) is -1.99. The van der Waals surface area contributed by atoms with Crippen LogP contribution >= 0.6 is 0 Å². The van der Waals surface area contributed by atoms with E-state index in [9.17, 15) is 14.0 Å². The number of nitrogens with zero attached hydrogens (tertiary/aromatic N) is 3. The van der Waals surface area contributed by atoms with E-state index in [0.717, 1.165) is 22.4 Å². The number of halogens is 1. The number of carbonyl (C=O) groups excluding carboxylic acids is 2. The van der Waals surface area contributed by atoms with Crippen LogP contribution in [0, 0.1) is 5.95 Å². The fourth-order valence-corrected chi connectivity index (χ4v) is 2.20. The molecule has 1 fully saturated rings. The lowest BCUT2D eigenvalue weighted by Crippen LogP contribution is -2.26. The lowest BCUT2D eigenvalue weighted by molar-refractivity contribution is -0.116. The summed E-state index contributed by atoms with van der Waals surface area (Å²) in [4.78, 5) is 24.3. The first-order valence-corrected chi connectivity index (χ1v) is 6.69. The molecule has 1 aliphatic heterocycles. The van der Waals surface area contributed by atoms with Crippen LogP contribution in [0.2, 0.25) is 0 Å². The zero-order chi connectivity index (χ0) is 15.6. The van der Waals surface area contributed by atoms with Gasteiger partial charge < -0.3 is 14.4 Å². The summed E-state index contributed by atoms with van der Waals surface area (Å²) in [5.41, 5.74) is -0.426. The molecule has 1 aliphatic rings. The Hall–Kier alpha value is -1.96. The van der Waals surface area contributed by atoms with Gasteiger partial charge in [-0.25, -0.2) is 9.48 Å². The van der Waals surface area contributed by atoms with Gasteiger partial charge >= 0.3 is 5.97 Å². The maximum Gasteiger partial charge on any atom is 0.360 e. The number of ether oxygens (including phenoxy) is 2. The summed E-state index contributed by atoms with van der Waals surface area (Å²) in [7, 11) is 2.55. The summed E-state index contributed by atoms with van der Waals surface area (Å²) < 4.78 is 25.7. The Labute approximate surface area is 121 Å². The second-order valence-electron chi connectivity index (χ2n) is 4.82. The SMILES string of the molecule is COC(=O)c1nn(C2CCCCO2)c(F)c1N(C)C(C)=O. The van der Waals surface area contributed by atoms with Gasteiger partial charge in [0.2, 0.25) is 11.9 Å². The Morgan fingerprint density at radius 2 is 2.19 bits per heavy atom. The molecule has 0 spiro atoms. The first-order valence-electron chi connectivity index (χ1n) is 6.69. The third-order valence-electron chi connectivity index (χ3n) is 3.44. The predicted octanol–water partition coefficient (Wildman–Crippen LogP) is 1.49. The van der Waals surface area contributed by atoms with E-state index in [-0.39, 0.29) is 11.4 Å². The van der Waals surface area contributed by atoms with E-state index in [2.05, 4.69) is 9.84 Å². The number of aromatic nitrogens is 2. The molecule has 0 radical (unpaired) electrons. The van der Waals surface area contributed by atoms with E-state index in [1.165, 1.54) is 21.1 Å². The smallest absolute Gasteiger partial charge is 0.360 e. The van der Waals surface area contributed by atoms with Crippen LogP contribution < -0.4 is 4.90 Å². The van der Waals surface area contributed by atoms with Crippen LogP contribution in [0.5, 0.6) is 0 Å². The van der Waals surface area contributed by atoms with Crippen LogP contribution in [-0.2, 0) is 14.3 Å². The number of esters is 1. The maximum atomic E-state index is 14.6. The van der Waals surface area contributed by atoms with Crippen LogP contribution in [0.15, 0.2) is 0 Å². The Morgan fingerprint density at radius 1 is 1.48 bits per heavy atom. The van der Waals surface area contributed by atoms with E-state index in [1.807, 2.05) is 0 Å². The Kier molecular flexibility index (Phi) is 4.56. The number of methoxy groups -OCH3 is 1. The highest BCUT2D eigenvalue weighted by Gasteiger charge is 2.31. The molecule has 0 N–H and O–H groups in total. The van der Waals surface area contributed by atoms with Crippen LogP contribution in [0.3, 0.4) is 0 Å². The van der Waals surface area contributed by atoms with Gasteiger partial charge in [0.15, 0.2) is 11.9 Å². The minimum absolute atomic E-state index is 0.191. The molecule has 2 heterocycles. The van der Waals surface area contributed by atoms with Crippen LogP contribution in [0.4, 0.5) is 10.1 Å².